The van der Waals surface area contributed by atoms with Crippen LogP contribution in [0.2, 0.25) is 0 Å². The van der Waals surface area contributed by atoms with Crippen molar-refractivity contribution in [2.45, 2.75) is 65.1 Å². The van der Waals surface area contributed by atoms with Crippen LogP contribution in [0.15, 0.2) is 0 Å². The molecule has 1 radical (unpaired) electrons. The number of carbonyl (C=O) groups is 1. The number of piperazine rings is 1. The van der Waals surface area contributed by atoms with Gasteiger partial charge in [-0.15, -0.1) is 0 Å². The number of hydrogen-bond donors (Lipinski definition) is 1. The van der Waals surface area contributed by atoms with Crippen LogP contribution < -0.4 is 5.32 Å². The average Bonchev–Trinajstić information content (AvgIpc) is 2.42. The van der Waals surface area contributed by atoms with Crippen LogP contribution in [0.4, 0.5) is 5.95 Å². The van der Waals surface area contributed by atoms with Gasteiger partial charge in [-0.05, 0) is 48.6 Å². The van der Waals surface area contributed by atoms with Crippen molar-refractivity contribution in [1.29, 1.82) is 0 Å². The maximum Gasteiger partial charge on any atom is 0.242 e. The van der Waals surface area contributed by atoms with E-state index in [0.717, 1.165) is 0 Å². The minimum absolute atomic E-state index is 0. The van der Waals surface area contributed by atoms with Crippen LogP contribution in [0.5, 0.6) is 0 Å². The first-order chi connectivity index (χ1) is 10.8. The number of anilines is 1. The number of hydrogen-bond acceptors (Lipinski definition) is 6. The van der Waals surface area contributed by atoms with Crippen molar-refractivity contribution in [3.05, 3.63) is 12.2 Å². The maximum absolute atomic E-state index is 12.9. The predicted octanol–water partition coefficient (Wildman–Crippen LogP) is 1.50. The van der Waals surface area contributed by atoms with Gasteiger partial charge in [0.15, 0.2) is 0 Å². The predicted molar refractivity (Wildman–Crippen MR) is 93.6 cm³/mol. The first-order valence-corrected chi connectivity index (χ1v) is 8.25. The summed E-state index contributed by atoms with van der Waals surface area (Å²) in [6.45, 7) is 15.4. The summed E-state index contributed by atoms with van der Waals surface area (Å²) in [4.78, 5) is 29.2. The summed E-state index contributed by atoms with van der Waals surface area (Å²) in [7, 11) is 2.02. The molecule has 0 bridgehead atoms. The largest absolute Gasteiger partial charge is 0.400 e. The third-order valence-electron chi connectivity index (χ3n) is 4.81. The summed E-state index contributed by atoms with van der Waals surface area (Å²) >= 11 is 0. The molecule has 1 fully saturated rings. The Morgan fingerprint density at radius 2 is 1.84 bits per heavy atom. The van der Waals surface area contributed by atoms with Crippen molar-refractivity contribution >= 4 is 11.9 Å². The van der Waals surface area contributed by atoms with Crippen molar-refractivity contribution in [2.24, 2.45) is 0 Å². The molecule has 8 heteroatoms. The second-order valence-electron chi connectivity index (χ2n) is 8.41. The number of nitrogens with zero attached hydrogens (tertiary/aromatic N) is 5. The SMILES string of the molecule is Cc1n[c-]nc(NC(C)(C)CN2CC(C)(C)N(C)C(C)(C)C2=O)n1.[Y]. The number of aromatic nitrogens is 3. The van der Waals surface area contributed by atoms with Crippen molar-refractivity contribution in [3.63, 3.8) is 0 Å². The maximum atomic E-state index is 12.9. The summed E-state index contributed by atoms with van der Waals surface area (Å²) in [5.41, 5.74) is -1.00. The number of likely N-dealkylation sites (N-methyl/N-ethyl adjacent to an activating group) is 1. The van der Waals surface area contributed by atoms with Gasteiger partial charge in [0.2, 0.25) is 5.91 Å². The smallest absolute Gasteiger partial charge is 0.242 e. The molecular weight excluding hydrogens is 393 g/mol. The van der Waals surface area contributed by atoms with Crippen molar-refractivity contribution in [2.75, 3.05) is 25.5 Å². The normalized spacial score (nSPS) is 20.2. The zero-order chi connectivity index (χ0) is 18.3. The Labute approximate surface area is 176 Å². The topological polar surface area (TPSA) is 74.2 Å². The van der Waals surface area contributed by atoms with Gasteiger partial charge in [-0.3, -0.25) is 9.69 Å². The number of nitrogens with one attached hydrogen (secondary N) is 1. The van der Waals surface area contributed by atoms with E-state index in [9.17, 15) is 4.79 Å². The number of rotatable bonds is 4. The molecule has 1 aromatic heterocycles. The van der Waals surface area contributed by atoms with E-state index in [0.29, 0.717) is 24.9 Å². The second-order valence-corrected chi connectivity index (χ2v) is 8.41. The van der Waals surface area contributed by atoms with Crippen LogP contribution in [-0.4, -0.2) is 67.4 Å². The minimum Gasteiger partial charge on any atom is -0.400 e. The van der Waals surface area contributed by atoms with E-state index in [1.54, 1.807) is 6.92 Å². The number of aryl methyl sites for hydroxylation is 1. The van der Waals surface area contributed by atoms with E-state index in [1.165, 1.54) is 0 Å². The Bertz CT molecular complexity index is 631. The summed E-state index contributed by atoms with van der Waals surface area (Å²) in [5, 5.41) is 3.29. The monoisotopic (exact) mass is 422 g/mol. The van der Waals surface area contributed by atoms with Crippen molar-refractivity contribution in [3.8, 4) is 0 Å². The molecule has 1 aromatic rings. The van der Waals surface area contributed by atoms with Gasteiger partial charge >= 0.3 is 0 Å². The van der Waals surface area contributed by atoms with Crippen LogP contribution in [0.3, 0.4) is 0 Å². The summed E-state index contributed by atoms with van der Waals surface area (Å²) < 4.78 is 0. The summed E-state index contributed by atoms with van der Waals surface area (Å²) in [6.07, 6.45) is 2.58. The molecule has 0 saturated carbocycles. The molecular formula is C17H29N6OY-. The molecule has 7 nitrogen and oxygen atoms in total. The first kappa shape index (κ1) is 22.4. The van der Waals surface area contributed by atoms with Crippen molar-refractivity contribution < 1.29 is 37.5 Å². The van der Waals surface area contributed by atoms with Crippen LogP contribution in [0, 0.1) is 13.3 Å². The summed E-state index contributed by atoms with van der Waals surface area (Å²) in [6, 6.07) is 0. The molecule has 0 spiro atoms. The standard InChI is InChI=1S/C17H29N6O.Y/c1-12-18-11-19-14(20-12)21-15(2,3)9-23-10-16(4,5)22(8)17(6,7)13(23)24;/h9-10H2,1-8H3,(H,18,19,20,21);/q-1;. The quantitative estimate of drug-likeness (QED) is 0.742. The Hall–Kier alpha value is -0.656. The molecule has 25 heavy (non-hydrogen) atoms. The molecule has 0 aliphatic carbocycles. The molecule has 0 atom stereocenters. The fraction of sp³-hybridized carbons (Fsp3) is 0.765. The third kappa shape index (κ3) is 4.95. The third-order valence-corrected chi connectivity index (χ3v) is 4.81. The zero-order valence-corrected chi connectivity index (χ0v) is 19.5. The van der Waals surface area contributed by atoms with Crippen LogP contribution >= 0.6 is 0 Å². The van der Waals surface area contributed by atoms with Gasteiger partial charge in [0.05, 0.1) is 5.54 Å². The number of amides is 1. The van der Waals surface area contributed by atoms with E-state index in [2.05, 4.69) is 45.3 Å². The Morgan fingerprint density at radius 3 is 2.40 bits per heavy atom. The Morgan fingerprint density at radius 1 is 1.24 bits per heavy atom. The van der Waals surface area contributed by atoms with Gasteiger partial charge in [-0.1, -0.05) is 6.92 Å². The second kappa shape index (κ2) is 7.53. The fourth-order valence-corrected chi connectivity index (χ4v) is 3.28. The van der Waals surface area contributed by atoms with Gasteiger partial charge in [0.1, 0.15) is 5.95 Å². The molecule has 2 heterocycles. The van der Waals surface area contributed by atoms with Gasteiger partial charge in [0.25, 0.3) is 0 Å². The van der Waals surface area contributed by atoms with Crippen LogP contribution in [0.1, 0.15) is 47.4 Å². The van der Waals surface area contributed by atoms with E-state index in [-0.39, 0.29) is 49.7 Å². The minimum atomic E-state index is -0.532. The van der Waals surface area contributed by atoms with Crippen LogP contribution in [0.25, 0.3) is 0 Å². The molecule has 1 amide bonds. The average molecular weight is 422 g/mol. The molecule has 0 unspecified atom stereocenters. The molecule has 2 rings (SSSR count). The molecule has 137 valence electrons. The van der Waals surface area contributed by atoms with E-state index < -0.39 is 5.54 Å². The van der Waals surface area contributed by atoms with Gasteiger partial charge in [0, 0.05) is 69.0 Å². The zero-order valence-electron chi connectivity index (χ0n) is 16.6. The number of carbonyl (C=O) groups excluding carboxylic acids is 1. The van der Waals surface area contributed by atoms with Gasteiger partial charge in [-0.25, -0.2) is 0 Å². The molecule has 1 N–H and O–H groups in total. The Kier molecular flexibility index (Phi) is 6.74. The van der Waals surface area contributed by atoms with E-state index >= 15 is 0 Å². The van der Waals surface area contributed by atoms with Crippen LogP contribution in [-0.2, 0) is 37.5 Å². The fourth-order valence-electron chi connectivity index (χ4n) is 3.28. The first-order valence-electron chi connectivity index (χ1n) is 8.25. The molecule has 1 aliphatic rings. The van der Waals surface area contributed by atoms with E-state index in [4.69, 9.17) is 0 Å². The molecule has 0 aromatic carbocycles. The van der Waals surface area contributed by atoms with Gasteiger partial charge < -0.3 is 25.2 Å². The Balaban J connectivity index is 0.00000312. The van der Waals surface area contributed by atoms with Gasteiger partial charge in [-0.2, -0.15) is 0 Å². The summed E-state index contributed by atoms with van der Waals surface area (Å²) in [5.74, 6) is 1.23. The van der Waals surface area contributed by atoms with E-state index in [1.807, 2.05) is 39.6 Å². The van der Waals surface area contributed by atoms with Crippen molar-refractivity contribution in [1.82, 2.24) is 24.8 Å². The molecule has 1 aliphatic heterocycles. The molecule has 1 saturated heterocycles.